The zero-order chi connectivity index (χ0) is 23.0. The molecule has 0 bridgehead atoms. The van der Waals surface area contributed by atoms with Gasteiger partial charge in [-0.3, -0.25) is 9.59 Å². The average Bonchev–Trinajstić information content (AvgIpc) is 3.10. The van der Waals surface area contributed by atoms with Crippen LogP contribution in [-0.4, -0.2) is 54.5 Å². The zero-order valence-corrected chi connectivity index (χ0v) is 18.9. The fourth-order valence-corrected chi connectivity index (χ4v) is 3.86. The van der Waals surface area contributed by atoms with E-state index < -0.39 is 0 Å². The molecule has 8 heteroatoms. The topological polar surface area (TPSA) is 74.8 Å². The second kappa shape index (κ2) is 10.8. The highest BCUT2D eigenvalue weighted by molar-refractivity contribution is 6.34. The lowest BCUT2D eigenvalue weighted by atomic mass is 10.2. The zero-order valence-electron chi connectivity index (χ0n) is 18.1. The summed E-state index contributed by atoms with van der Waals surface area (Å²) >= 11 is 6.09. The first kappa shape index (κ1) is 22.6. The summed E-state index contributed by atoms with van der Waals surface area (Å²) in [5.41, 5.74) is 1.00. The van der Waals surface area contributed by atoms with Crippen LogP contribution in [0.25, 0.3) is 0 Å². The number of carbonyl (C=O) groups excluding carboxylic acids is 2. The maximum absolute atomic E-state index is 12.6. The number of aromatic nitrogens is 1. The van der Waals surface area contributed by atoms with E-state index >= 15 is 0 Å². The van der Waals surface area contributed by atoms with Gasteiger partial charge in [0, 0.05) is 26.2 Å². The third-order valence-electron chi connectivity index (χ3n) is 5.40. The molecule has 0 saturated carbocycles. The Morgan fingerprint density at radius 3 is 2.48 bits per heavy atom. The summed E-state index contributed by atoms with van der Waals surface area (Å²) in [7, 11) is 0. The molecule has 0 unspecified atom stereocenters. The van der Waals surface area contributed by atoms with Crippen LogP contribution >= 0.6 is 11.6 Å². The van der Waals surface area contributed by atoms with Gasteiger partial charge < -0.3 is 19.9 Å². The lowest BCUT2D eigenvalue weighted by Crippen LogP contribution is -2.38. The fraction of sp³-hybridized carbons (Fsp3) is 0.240. The van der Waals surface area contributed by atoms with Crippen LogP contribution in [0.15, 0.2) is 72.9 Å². The van der Waals surface area contributed by atoms with E-state index in [4.69, 9.17) is 16.3 Å². The van der Waals surface area contributed by atoms with Crippen molar-refractivity contribution in [2.75, 3.05) is 43.0 Å². The van der Waals surface area contributed by atoms with Gasteiger partial charge in [-0.2, -0.15) is 0 Å². The number of halogens is 1. The number of anilines is 2. The molecule has 1 aliphatic heterocycles. The minimum absolute atomic E-state index is 0.0219. The predicted molar refractivity (Wildman–Crippen MR) is 129 cm³/mol. The molecule has 0 radical (unpaired) electrons. The molecule has 170 valence electrons. The van der Waals surface area contributed by atoms with Gasteiger partial charge in [-0.05, 0) is 42.8 Å². The highest BCUT2D eigenvalue weighted by atomic mass is 35.5. The standard InChI is InChI=1S/C25H25ClN4O3/c26-22-10-5-4-9-21(22)25(32)28-19-11-12-23(27-17-19)29-13-6-14-30(16-15-29)24(31)18-33-20-7-2-1-3-8-20/h1-5,7-12,17H,6,13-16,18H2,(H,28,32). The number of amides is 2. The SMILES string of the molecule is O=C(Nc1ccc(N2CCCN(C(=O)COc3ccccc3)CC2)nc1)c1ccccc1Cl. The molecule has 0 aliphatic carbocycles. The minimum Gasteiger partial charge on any atom is -0.484 e. The van der Waals surface area contributed by atoms with Gasteiger partial charge in [-0.25, -0.2) is 4.98 Å². The number of benzene rings is 2. The Morgan fingerprint density at radius 1 is 0.939 bits per heavy atom. The number of hydrogen-bond acceptors (Lipinski definition) is 5. The normalized spacial score (nSPS) is 13.8. The number of pyridine rings is 1. The maximum atomic E-state index is 12.6. The van der Waals surface area contributed by atoms with Crippen molar-refractivity contribution in [1.82, 2.24) is 9.88 Å². The van der Waals surface area contributed by atoms with Crippen molar-refractivity contribution in [3.05, 3.63) is 83.5 Å². The van der Waals surface area contributed by atoms with Gasteiger partial charge in [-0.1, -0.05) is 41.9 Å². The van der Waals surface area contributed by atoms with Crippen LogP contribution in [0, 0.1) is 0 Å². The van der Waals surface area contributed by atoms with E-state index in [1.807, 2.05) is 47.4 Å². The highest BCUT2D eigenvalue weighted by Gasteiger charge is 2.20. The van der Waals surface area contributed by atoms with Crippen LogP contribution in [0.1, 0.15) is 16.8 Å². The van der Waals surface area contributed by atoms with Crippen LogP contribution in [-0.2, 0) is 4.79 Å². The van der Waals surface area contributed by atoms with Gasteiger partial charge in [0.15, 0.2) is 6.61 Å². The number of ether oxygens (including phenoxy) is 1. The number of nitrogens with zero attached hydrogens (tertiary/aromatic N) is 3. The molecule has 1 aromatic heterocycles. The smallest absolute Gasteiger partial charge is 0.260 e. The molecule has 1 fully saturated rings. The number of carbonyl (C=O) groups is 2. The van der Waals surface area contributed by atoms with Gasteiger partial charge >= 0.3 is 0 Å². The van der Waals surface area contributed by atoms with E-state index in [0.717, 1.165) is 18.8 Å². The quantitative estimate of drug-likeness (QED) is 0.594. The fourth-order valence-electron chi connectivity index (χ4n) is 3.64. The third kappa shape index (κ3) is 6.02. The summed E-state index contributed by atoms with van der Waals surface area (Å²) in [5, 5.41) is 3.22. The Kier molecular flexibility index (Phi) is 7.42. The number of rotatable bonds is 6. The lowest BCUT2D eigenvalue weighted by molar-refractivity contribution is -0.133. The second-order valence-electron chi connectivity index (χ2n) is 7.66. The molecule has 1 saturated heterocycles. The van der Waals surface area contributed by atoms with E-state index in [2.05, 4.69) is 15.2 Å². The van der Waals surface area contributed by atoms with E-state index in [9.17, 15) is 9.59 Å². The second-order valence-corrected chi connectivity index (χ2v) is 8.07. The van der Waals surface area contributed by atoms with Gasteiger partial charge in [0.2, 0.25) is 0 Å². The first-order valence-electron chi connectivity index (χ1n) is 10.8. The Morgan fingerprint density at radius 2 is 1.73 bits per heavy atom. The van der Waals surface area contributed by atoms with Gasteiger partial charge in [0.1, 0.15) is 11.6 Å². The number of nitrogens with one attached hydrogen (secondary N) is 1. The van der Waals surface area contributed by atoms with Crippen LogP contribution in [0.4, 0.5) is 11.5 Å². The third-order valence-corrected chi connectivity index (χ3v) is 5.73. The summed E-state index contributed by atoms with van der Waals surface area (Å²) in [4.78, 5) is 33.5. The first-order chi connectivity index (χ1) is 16.1. The van der Waals surface area contributed by atoms with E-state index in [1.165, 1.54) is 0 Å². The summed E-state index contributed by atoms with van der Waals surface area (Å²) in [6, 6.07) is 19.9. The van der Waals surface area contributed by atoms with Gasteiger partial charge in [0.25, 0.3) is 11.8 Å². The monoisotopic (exact) mass is 464 g/mol. The minimum atomic E-state index is -0.281. The molecular formula is C25H25ClN4O3. The number of para-hydroxylation sites is 1. The van der Waals surface area contributed by atoms with Crippen LogP contribution in [0.2, 0.25) is 5.02 Å². The highest BCUT2D eigenvalue weighted by Crippen LogP contribution is 2.19. The van der Waals surface area contributed by atoms with Crippen molar-refractivity contribution < 1.29 is 14.3 Å². The largest absolute Gasteiger partial charge is 0.484 e. The summed E-state index contributed by atoms with van der Waals surface area (Å²) in [5.74, 6) is 1.19. The molecule has 1 N–H and O–H groups in total. The first-order valence-corrected chi connectivity index (χ1v) is 11.2. The van der Waals surface area contributed by atoms with Crippen molar-refractivity contribution in [3.63, 3.8) is 0 Å². The predicted octanol–water partition coefficient (Wildman–Crippen LogP) is 4.11. The molecule has 2 amide bonds. The molecule has 3 aromatic rings. The molecule has 1 aliphatic rings. The molecule has 2 aromatic carbocycles. The van der Waals surface area contributed by atoms with Crippen LogP contribution < -0.4 is 15.0 Å². The van der Waals surface area contributed by atoms with Crippen molar-refractivity contribution in [2.45, 2.75) is 6.42 Å². The Hall–Kier alpha value is -3.58. The molecule has 7 nitrogen and oxygen atoms in total. The number of hydrogen-bond donors (Lipinski definition) is 1. The Balaban J connectivity index is 1.30. The van der Waals surface area contributed by atoms with Gasteiger partial charge in [-0.15, -0.1) is 0 Å². The maximum Gasteiger partial charge on any atom is 0.260 e. The van der Waals surface area contributed by atoms with Gasteiger partial charge in [0.05, 0.1) is 22.5 Å². The lowest BCUT2D eigenvalue weighted by Gasteiger charge is -2.23. The van der Waals surface area contributed by atoms with Crippen molar-refractivity contribution >= 4 is 34.9 Å². The van der Waals surface area contributed by atoms with Crippen molar-refractivity contribution in [1.29, 1.82) is 0 Å². The van der Waals surface area contributed by atoms with E-state index in [0.29, 0.717) is 41.7 Å². The Bertz CT molecular complexity index is 1090. The van der Waals surface area contributed by atoms with Crippen molar-refractivity contribution in [3.8, 4) is 5.75 Å². The van der Waals surface area contributed by atoms with E-state index in [1.54, 1.807) is 30.5 Å². The van der Waals surface area contributed by atoms with Crippen molar-refractivity contribution in [2.24, 2.45) is 0 Å². The summed E-state index contributed by atoms with van der Waals surface area (Å²) in [6.07, 6.45) is 2.47. The molecule has 0 spiro atoms. The van der Waals surface area contributed by atoms with Crippen LogP contribution in [0.3, 0.4) is 0 Å². The molecular weight excluding hydrogens is 440 g/mol. The van der Waals surface area contributed by atoms with E-state index in [-0.39, 0.29) is 18.4 Å². The molecule has 0 atom stereocenters. The molecule has 33 heavy (non-hydrogen) atoms. The summed E-state index contributed by atoms with van der Waals surface area (Å²) in [6.45, 7) is 2.78. The Labute approximate surface area is 197 Å². The summed E-state index contributed by atoms with van der Waals surface area (Å²) < 4.78 is 5.60. The molecule has 2 heterocycles. The average molecular weight is 465 g/mol. The molecule has 4 rings (SSSR count). The van der Waals surface area contributed by atoms with Crippen LogP contribution in [0.5, 0.6) is 5.75 Å².